The quantitative estimate of drug-likeness (QED) is 0.310. The number of aromatic amines is 1. The number of amides is 1. The van der Waals surface area contributed by atoms with E-state index in [0.717, 1.165) is 5.56 Å². The normalized spacial score (nSPS) is 16.8. The minimum atomic E-state index is -2.83. The summed E-state index contributed by atoms with van der Waals surface area (Å²) in [5.41, 5.74) is 1.59. The lowest BCUT2D eigenvalue weighted by Crippen LogP contribution is -2.45. The fourth-order valence-corrected chi connectivity index (χ4v) is 5.54. The Kier molecular flexibility index (Phi) is 6.86. The summed E-state index contributed by atoms with van der Waals surface area (Å²) < 4.78 is 44.1. The summed E-state index contributed by atoms with van der Waals surface area (Å²) in [6, 6.07) is 19.3. The van der Waals surface area contributed by atoms with E-state index in [9.17, 15) is 18.4 Å². The minimum absolute atomic E-state index is 0.0663. The van der Waals surface area contributed by atoms with E-state index in [1.807, 2.05) is 30.3 Å². The molecule has 1 aliphatic heterocycles. The average Bonchev–Trinajstić information content (AvgIpc) is 3.44. The van der Waals surface area contributed by atoms with Crippen LogP contribution in [0.15, 0.2) is 77.6 Å². The highest BCUT2D eigenvalue weighted by Gasteiger charge is 2.40. The molecule has 11 heteroatoms. The SMILES string of the molecule is CC1CN(C(=O)c2cc(Cc3n[nH]c(=O)c4ccccc34)ccc2F)C(Cc2ccccc2)c2nnc(C(F)F)n21. The summed E-state index contributed by atoms with van der Waals surface area (Å²) in [5, 5.41) is 15.6. The summed E-state index contributed by atoms with van der Waals surface area (Å²) in [5.74, 6) is -1.50. The zero-order valence-corrected chi connectivity index (χ0v) is 22.0. The Morgan fingerprint density at radius 2 is 1.73 bits per heavy atom. The van der Waals surface area contributed by atoms with Crippen molar-refractivity contribution in [3.8, 4) is 0 Å². The molecule has 0 radical (unpaired) electrons. The predicted molar refractivity (Wildman–Crippen MR) is 145 cm³/mol. The average molecular weight is 559 g/mol. The number of benzene rings is 3. The molecule has 1 N–H and O–H groups in total. The summed E-state index contributed by atoms with van der Waals surface area (Å²) >= 11 is 0. The first kappa shape index (κ1) is 26.4. The molecule has 1 amide bonds. The van der Waals surface area contributed by atoms with E-state index < -0.39 is 36.1 Å². The Bertz CT molecular complexity index is 1800. The highest BCUT2D eigenvalue weighted by atomic mass is 19.3. The van der Waals surface area contributed by atoms with Gasteiger partial charge in [0.2, 0.25) is 5.82 Å². The van der Waals surface area contributed by atoms with Crippen molar-refractivity contribution in [1.82, 2.24) is 29.9 Å². The molecule has 41 heavy (non-hydrogen) atoms. The largest absolute Gasteiger partial charge is 0.326 e. The summed E-state index contributed by atoms with van der Waals surface area (Å²) in [6.45, 7) is 1.77. The van der Waals surface area contributed by atoms with Crippen LogP contribution in [0.2, 0.25) is 0 Å². The second kappa shape index (κ2) is 10.6. The highest BCUT2D eigenvalue weighted by Crippen LogP contribution is 2.36. The van der Waals surface area contributed by atoms with Gasteiger partial charge in [0.25, 0.3) is 17.9 Å². The van der Waals surface area contributed by atoms with Gasteiger partial charge in [-0.3, -0.25) is 9.59 Å². The van der Waals surface area contributed by atoms with E-state index in [0.29, 0.717) is 22.0 Å². The number of nitrogens with one attached hydrogen (secondary N) is 1. The van der Waals surface area contributed by atoms with Gasteiger partial charge in [-0.15, -0.1) is 10.2 Å². The molecule has 2 unspecified atom stereocenters. The number of aromatic nitrogens is 5. The molecular weight excluding hydrogens is 533 g/mol. The van der Waals surface area contributed by atoms with Crippen LogP contribution in [0.4, 0.5) is 13.2 Å². The molecule has 6 rings (SSSR count). The number of carbonyl (C=O) groups is 1. The van der Waals surface area contributed by atoms with Gasteiger partial charge in [0.05, 0.1) is 28.7 Å². The zero-order valence-electron chi connectivity index (χ0n) is 22.0. The molecule has 8 nitrogen and oxygen atoms in total. The third kappa shape index (κ3) is 4.88. The summed E-state index contributed by atoms with van der Waals surface area (Å²) in [7, 11) is 0. The summed E-state index contributed by atoms with van der Waals surface area (Å²) in [6.07, 6.45) is -2.30. The summed E-state index contributed by atoms with van der Waals surface area (Å²) in [4.78, 5) is 27.7. The molecule has 2 aromatic heterocycles. The first-order valence-electron chi connectivity index (χ1n) is 13.1. The molecule has 0 aliphatic carbocycles. The lowest BCUT2D eigenvalue weighted by molar-refractivity contribution is 0.0555. The van der Waals surface area contributed by atoms with E-state index in [-0.39, 0.29) is 36.3 Å². The molecule has 0 saturated heterocycles. The van der Waals surface area contributed by atoms with Gasteiger partial charge in [0.1, 0.15) is 5.82 Å². The van der Waals surface area contributed by atoms with Crippen molar-refractivity contribution in [2.24, 2.45) is 0 Å². The molecule has 0 saturated carbocycles. The molecule has 1 aliphatic rings. The Labute approximate surface area is 232 Å². The van der Waals surface area contributed by atoms with Crippen LogP contribution in [0.3, 0.4) is 0 Å². The third-order valence-corrected chi connectivity index (χ3v) is 7.46. The molecule has 5 aromatic rings. The van der Waals surface area contributed by atoms with E-state index in [2.05, 4.69) is 20.4 Å². The van der Waals surface area contributed by atoms with Crippen LogP contribution in [0.1, 0.15) is 64.3 Å². The standard InChI is InChI=1S/C30H25F3N6O2/c1-17-16-38(25(15-18-7-3-2-4-8-18)27-35-36-28(26(32)33)39(17)27)30(41)22-13-19(11-12-23(22)31)14-24-20-9-5-6-10-21(20)29(40)37-34-24/h2-13,17,25-26H,14-16H2,1H3,(H,37,40). The van der Waals surface area contributed by atoms with Crippen molar-refractivity contribution in [3.05, 3.63) is 123 Å². The smallest absolute Gasteiger partial charge is 0.297 e. The van der Waals surface area contributed by atoms with Crippen molar-refractivity contribution in [2.75, 3.05) is 6.54 Å². The van der Waals surface area contributed by atoms with Gasteiger partial charge in [-0.05, 0) is 36.2 Å². The highest BCUT2D eigenvalue weighted by molar-refractivity contribution is 5.95. The number of halogens is 3. The monoisotopic (exact) mass is 558 g/mol. The fourth-order valence-electron chi connectivity index (χ4n) is 5.54. The van der Waals surface area contributed by atoms with E-state index in [4.69, 9.17) is 0 Å². The molecular formula is C30H25F3N6O2. The number of alkyl halides is 2. The minimum Gasteiger partial charge on any atom is -0.326 e. The number of H-pyrrole nitrogens is 1. The fraction of sp³-hybridized carbons (Fsp3) is 0.233. The lowest BCUT2D eigenvalue weighted by Gasteiger charge is -2.39. The maximum absolute atomic E-state index is 15.2. The lowest BCUT2D eigenvalue weighted by atomic mass is 9.98. The van der Waals surface area contributed by atoms with E-state index >= 15 is 4.39 Å². The Balaban J connectivity index is 1.38. The maximum atomic E-state index is 15.2. The van der Waals surface area contributed by atoms with Gasteiger partial charge in [0.15, 0.2) is 5.82 Å². The number of hydrogen-bond donors (Lipinski definition) is 1. The zero-order chi connectivity index (χ0) is 28.7. The molecule has 0 bridgehead atoms. The van der Waals surface area contributed by atoms with Crippen LogP contribution in [-0.2, 0) is 12.8 Å². The predicted octanol–water partition coefficient (Wildman–Crippen LogP) is 5.18. The first-order valence-corrected chi connectivity index (χ1v) is 13.1. The van der Waals surface area contributed by atoms with Crippen molar-refractivity contribution in [2.45, 2.75) is 38.3 Å². The van der Waals surface area contributed by atoms with Crippen molar-refractivity contribution in [3.63, 3.8) is 0 Å². The van der Waals surface area contributed by atoms with Crippen molar-refractivity contribution in [1.29, 1.82) is 0 Å². The molecule has 3 aromatic carbocycles. The second-order valence-electron chi connectivity index (χ2n) is 10.1. The second-order valence-corrected chi connectivity index (χ2v) is 10.1. The molecule has 208 valence electrons. The van der Waals surface area contributed by atoms with Crippen LogP contribution in [0, 0.1) is 5.82 Å². The van der Waals surface area contributed by atoms with Crippen molar-refractivity contribution >= 4 is 16.7 Å². The van der Waals surface area contributed by atoms with E-state index in [1.165, 1.54) is 21.6 Å². The van der Waals surface area contributed by atoms with Gasteiger partial charge >= 0.3 is 0 Å². The number of fused-ring (bicyclic) bond motifs is 2. The van der Waals surface area contributed by atoms with Crippen molar-refractivity contribution < 1.29 is 18.0 Å². The Hall–Kier alpha value is -4.80. The molecule has 0 spiro atoms. The van der Waals surface area contributed by atoms with Crippen LogP contribution in [-0.4, -0.2) is 42.3 Å². The van der Waals surface area contributed by atoms with Gasteiger partial charge in [-0.2, -0.15) is 5.10 Å². The van der Waals surface area contributed by atoms with Crippen LogP contribution in [0.25, 0.3) is 10.8 Å². The van der Waals surface area contributed by atoms with Crippen LogP contribution >= 0.6 is 0 Å². The van der Waals surface area contributed by atoms with Gasteiger partial charge in [-0.25, -0.2) is 18.3 Å². The molecule has 2 atom stereocenters. The van der Waals surface area contributed by atoms with Gasteiger partial charge in [-0.1, -0.05) is 54.6 Å². The van der Waals surface area contributed by atoms with Gasteiger partial charge < -0.3 is 9.47 Å². The number of hydrogen-bond acceptors (Lipinski definition) is 5. The number of nitrogens with zero attached hydrogens (tertiary/aromatic N) is 5. The number of carbonyl (C=O) groups excluding carboxylic acids is 1. The number of rotatable bonds is 6. The third-order valence-electron chi connectivity index (χ3n) is 7.46. The molecule has 3 heterocycles. The first-order chi connectivity index (χ1) is 19.8. The Morgan fingerprint density at radius 1 is 1.00 bits per heavy atom. The Morgan fingerprint density at radius 3 is 2.49 bits per heavy atom. The maximum Gasteiger partial charge on any atom is 0.297 e. The van der Waals surface area contributed by atoms with Gasteiger partial charge in [0, 0.05) is 24.8 Å². The van der Waals surface area contributed by atoms with Crippen LogP contribution < -0.4 is 5.56 Å². The molecule has 0 fully saturated rings. The van der Waals surface area contributed by atoms with E-state index in [1.54, 1.807) is 37.3 Å². The topological polar surface area (TPSA) is 96.8 Å². The van der Waals surface area contributed by atoms with Crippen LogP contribution in [0.5, 0.6) is 0 Å².